The summed E-state index contributed by atoms with van der Waals surface area (Å²) in [6, 6.07) is -0.711. The molecule has 4 N–H and O–H groups in total. The molecular weight excluding hydrogens is 715 g/mol. The van der Waals surface area contributed by atoms with E-state index >= 15 is 0 Å². The zero-order valence-electron chi connectivity index (χ0n) is 39.2. The van der Waals surface area contributed by atoms with E-state index in [0.717, 1.165) is 44.9 Å². The first-order chi connectivity index (χ1) is 28.6. The van der Waals surface area contributed by atoms with Crippen molar-refractivity contribution in [3.05, 3.63) is 24.3 Å². The lowest BCUT2D eigenvalue weighted by Gasteiger charge is -2.23. The van der Waals surface area contributed by atoms with Crippen molar-refractivity contribution < 1.29 is 20.1 Å². The second-order valence-corrected chi connectivity index (χ2v) is 18.1. The van der Waals surface area contributed by atoms with Gasteiger partial charge in [-0.1, -0.05) is 269 Å². The Morgan fingerprint density at radius 1 is 0.431 bits per heavy atom. The van der Waals surface area contributed by atoms with Crippen molar-refractivity contribution in [2.24, 2.45) is 0 Å². The molecule has 0 rings (SSSR count). The van der Waals surface area contributed by atoms with Crippen LogP contribution in [0.2, 0.25) is 0 Å². The summed E-state index contributed by atoms with van der Waals surface area (Å²) >= 11 is 0. The van der Waals surface area contributed by atoms with E-state index in [1.54, 1.807) is 0 Å². The van der Waals surface area contributed by atoms with E-state index in [9.17, 15) is 20.1 Å². The summed E-state index contributed by atoms with van der Waals surface area (Å²) in [4.78, 5) is 12.5. The van der Waals surface area contributed by atoms with Crippen LogP contribution in [-0.2, 0) is 4.79 Å². The number of rotatable bonds is 48. The minimum atomic E-state index is -1.07. The number of aliphatic hydroxyl groups excluding tert-OH is 3. The number of nitrogens with one attached hydrogen (secondary N) is 1. The smallest absolute Gasteiger partial charge is 0.249 e. The van der Waals surface area contributed by atoms with Gasteiger partial charge in [-0.15, -0.1) is 0 Å². The minimum absolute atomic E-state index is 0.311. The van der Waals surface area contributed by atoms with E-state index in [1.807, 2.05) is 0 Å². The van der Waals surface area contributed by atoms with Gasteiger partial charge in [-0.25, -0.2) is 0 Å². The number of allylic oxidation sites excluding steroid dienone is 4. The zero-order chi connectivity index (χ0) is 42.3. The summed E-state index contributed by atoms with van der Waals surface area (Å²) in [6.45, 7) is 4.16. The Morgan fingerprint density at radius 2 is 0.759 bits per heavy atom. The summed E-state index contributed by atoms with van der Waals surface area (Å²) in [7, 11) is 0. The van der Waals surface area contributed by atoms with Crippen molar-refractivity contribution in [1.29, 1.82) is 0 Å². The fourth-order valence-electron chi connectivity index (χ4n) is 8.29. The third-order valence-corrected chi connectivity index (χ3v) is 12.3. The topological polar surface area (TPSA) is 89.8 Å². The largest absolute Gasteiger partial charge is 0.394 e. The van der Waals surface area contributed by atoms with Gasteiger partial charge in [0.05, 0.1) is 18.8 Å². The summed E-state index contributed by atoms with van der Waals surface area (Å²) in [6.07, 6.45) is 60.6. The van der Waals surface area contributed by atoms with Crippen molar-refractivity contribution in [1.82, 2.24) is 5.32 Å². The highest BCUT2D eigenvalue weighted by Gasteiger charge is 2.23. The lowest BCUT2D eigenvalue weighted by molar-refractivity contribution is -0.131. The highest BCUT2D eigenvalue weighted by molar-refractivity contribution is 5.80. The van der Waals surface area contributed by atoms with Gasteiger partial charge in [0.25, 0.3) is 0 Å². The van der Waals surface area contributed by atoms with Gasteiger partial charge in [0, 0.05) is 0 Å². The van der Waals surface area contributed by atoms with Crippen molar-refractivity contribution in [2.75, 3.05) is 6.61 Å². The fourth-order valence-corrected chi connectivity index (χ4v) is 8.29. The number of hydrogen-bond donors (Lipinski definition) is 4. The molecule has 0 spiro atoms. The molecule has 0 aromatic rings. The summed E-state index contributed by atoms with van der Waals surface area (Å²) in [5.41, 5.74) is 0. The first-order valence-electron chi connectivity index (χ1n) is 26.1. The monoisotopic (exact) mass is 818 g/mol. The van der Waals surface area contributed by atoms with Gasteiger partial charge in [-0.2, -0.15) is 0 Å². The molecule has 0 aromatic heterocycles. The molecule has 3 unspecified atom stereocenters. The maximum absolute atomic E-state index is 12.5. The highest BCUT2D eigenvalue weighted by atomic mass is 16.3. The zero-order valence-corrected chi connectivity index (χ0v) is 39.2. The van der Waals surface area contributed by atoms with Crippen LogP contribution in [0.25, 0.3) is 0 Å². The maximum Gasteiger partial charge on any atom is 0.249 e. The average Bonchev–Trinajstić information content (AvgIpc) is 3.23. The average molecular weight is 818 g/mol. The summed E-state index contributed by atoms with van der Waals surface area (Å²) in [5.74, 6) is -0.468. The number of hydrogen-bond acceptors (Lipinski definition) is 4. The second-order valence-electron chi connectivity index (χ2n) is 18.1. The molecule has 0 aromatic carbocycles. The van der Waals surface area contributed by atoms with E-state index in [0.29, 0.717) is 12.8 Å². The lowest BCUT2D eigenvalue weighted by Crippen LogP contribution is -2.49. The first-order valence-corrected chi connectivity index (χ1v) is 26.1. The minimum Gasteiger partial charge on any atom is -0.394 e. The van der Waals surface area contributed by atoms with E-state index in [2.05, 4.69) is 43.5 Å². The molecule has 0 heterocycles. The van der Waals surface area contributed by atoms with E-state index < -0.39 is 24.2 Å². The van der Waals surface area contributed by atoms with Crippen LogP contribution < -0.4 is 5.32 Å². The Balaban J connectivity index is 3.53. The third kappa shape index (κ3) is 42.9. The number of unbranched alkanes of at least 4 members (excludes halogenated alkanes) is 36. The molecule has 0 bridgehead atoms. The molecular formula is C53H103NO4. The lowest BCUT2D eigenvalue weighted by atomic mass is 10.0. The molecule has 344 valence electrons. The molecule has 0 fully saturated rings. The van der Waals surface area contributed by atoms with Crippen LogP contribution in [0.3, 0.4) is 0 Å². The van der Waals surface area contributed by atoms with E-state index in [-0.39, 0.29) is 6.61 Å². The molecule has 58 heavy (non-hydrogen) atoms. The highest BCUT2D eigenvalue weighted by Crippen LogP contribution is 2.18. The van der Waals surface area contributed by atoms with Crippen LogP contribution in [0.15, 0.2) is 24.3 Å². The third-order valence-electron chi connectivity index (χ3n) is 12.3. The number of amides is 1. The van der Waals surface area contributed by atoms with Crippen LogP contribution in [0.4, 0.5) is 0 Å². The van der Waals surface area contributed by atoms with E-state index in [4.69, 9.17) is 0 Å². The van der Waals surface area contributed by atoms with Crippen molar-refractivity contribution in [2.45, 2.75) is 302 Å². The summed E-state index contributed by atoms with van der Waals surface area (Å²) in [5, 5.41) is 33.5. The van der Waals surface area contributed by atoms with Gasteiger partial charge in [0.1, 0.15) is 6.10 Å². The van der Waals surface area contributed by atoms with Crippen LogP contribution in [0.1, 0.15) is 284 Å². The normalized spacial score (nSPS) is 13.5. The molecule has 3 atom stereocenters. The van der Waals surface area contributed by atoms with Crippen molar-refractivity contribution in [3.63, 3.8) is 0 Å². The maximum atomic E-state index is 12.5. The molecule has 1 amide bonds. The predicted octanol–water partition coefficient (Wildman–Crippen LogP) is 15.7. The first kappa shape index (κ1) is 56.8. The summed E-state index contributed by atoms with van der Waals surface area (Å²) < 4.78 is 0. The van der Waals surface area contributed by atoms with Gasteiger partial charge in [-0.3, -0.25) is 4.79 Å². The number of carbonyl (C=O) groups is 1. The van der Waals surface area contributed by atoms with Crippen LogP contribution >= 0.6 is 0 Å². The number of aliphatic hydroxyl groups is 3. The van der Waals surface area contributed by atoms with Gasteiger partial charge in [0.2, 0.25) is 5.91 Å². The molecule has 0 radical (unpaired) electrons. The van der Waals surface area contributed by atoms with Crippen LogP contribution in [0, 0.1) is 0 Å². The Kier molecular flexibility index (Phi) is 47.5. The molecule has 0 aliphatic rings. The standard InChI is InChI=1S/C53H103NO4/c1-3-5-7-9-11-13-15-17-19-21-23-25-26-27-28-30-31-33-35-37-39-41-43-45-47-51(56)50(49-55)54-53(58)52(57)48-46-44-42-40-38-36-34-32-29-24-22-20-18-16-14-12-10-8-6-4-2/h6,8,12,14,50-52,55-57H,3-5,7,9-11,13,15-49H2,1-2H3,(H,54,58)/b8-6-,14-12-. The van der Waals surface area contributed by atoms with Gasteiger partial charge < -0.3 is 20.6 Å². The second kappa shape index (κ2) is 48.5. The molecule has 0 saturated heterocycles. The number of carbonyl (C=O) groups excluding carboxylic acids is 1. The van der Waals surface area contributed by atoms with E-state index in [1.165, 1.54) is 212 Å². The molecule has 0 aliphatic heterocycles. The predicted molar refractivity (Wildman–Crippen MR) is 255 cm³/mol. The Bertz CT molecular complexity index is 859. The Morgan fingerprint density at radius 3 is 1.12 bits per heavy atom. The molecule has 0 saturated carbocycles. The Labute approximate surface area is 362 Å². The van der Waals surface area contributed by atoms with Crippen molar-refractivity contribution >= 4 is 5.91 Å². The SMILES string of the molecule is CC/C=C\C/C=C\CCCCCCCCCCCCCCCC(O)C(=O)NC(CO)C(O)CCCCCCCCCCCCCCCCCCCCCCCCCC. The Hall–Kier alpha value is -1.17. The van der Waals surface area contributed by atoms with Gasteiger partial charge in [0.15, 0.2) is 0 Å². The van der Waals surface area contributed by atoms with Gasteiger partial charge >= 0.3 is 0 Å². The fraction of sp³-hybridized carbons (Fsp3) is 0.906. The molecule has 5 heteroatoms. The van der Waals surface area contributed by atoms with Gasteiger partial charge in [-0.05, 0) is 38.5 Å². The molecule has 5 nitrogen and oxygen atoms in total. The van der Waals surface area contributed by atoms with Crippen LogP contribution in [-0.4, -0.2) is 46.1 Å². The molecule has 0 aliphatic carbocycles. The van der Waals surface area contributed by atoms with Crippen molar-refractivity contribution in [3.8, 4) is 0 Å². The van der Waals surface area contributed by atoms with Crippen LogP contribution in [0.5, 0.6) is 0 Å². The quantitative estimate of drug-likeness (QED) is 0.0364.